The van der Waals surface area contributed by atoms with Crippen molar-refractivity contribution in [1.82, 2.24) is 20.3 Å². The van der Waals surface area contributed by atoms with Gasteiger partial charge in [-0.05, 0) is 95.5 Å². The van der Waals surface area contributed by atoms with Gasteiger partial charge < -0.3 is 43.6 Å². The number of nitrogens with two attached hydrogens (primary N) is 1. The molecule has 1 amide bonds. The van der Waals surface area contributed by atoms with Crippen molar-refractivity contribution in [3.63, 3.8) is 0 Å². The van der Waals surface area contributed by atoms with Crippen molar-refractivity contribution in [2.24, 2.45) is 5.73 Å². The molecule has 0 fully saturated rings. The van der Waals surface area contributed by atoms with Crippen LogP contribution in [0, 0.1) is 6.92 Å². The maximum atomic E-state index is 13.1. The molecule has 0 bridgehead atoms. The summed E-state index contributed by atoms with van der Waals surface area (Å²) in [5.74, 6) is 3.57. The zero-order chi connectivity index (χ0) is 52.7. The van der Waals surface area contributed by atoms with E-state index < -0.39 is 21.8 Å². The molecule has 7 aromatic rings. The Morgan fingerprint density at radius 1 is 0.694 bits per heavy atom. The van der Waals surface area contributed by atoms with Crippen molar-refractivity contribution in [2.75, 3.05) is 26.3 Å². The summed E-state index contributed by atoms with van der Waals surface area (Å²) in [4.78, 5) is 24.7. The summed E-state index contributed by atoms with van der Waals surface area (Å²) < 4.78 is 88.0. The van der Waals surface area contributed by atoms with Crippen LogP contribution >= 0.6 is 0 Å². The number of hydrogen-bond donors (Lipinski definition) is 4. The van der Waals surface area contributed by atoms with E-state index in [4.69, 9.17) is 37.7 Å². The highest BCUT2D eigenvalue weighted by atomic mass is 32.2. The monoisotopic (exact) mass is 1020 g/mol. The van der Waals surface area contributed by atoms with E-state index in [-0.39, 0.29) is 42.5 Å². The summed E-state index contributed by atoms with van der Waals surface area (Å²) in [7, 11) is -4.02. The Morgan fingerprint density at radius 2 is 1.12 bits per heavy atom. The summed E-state index contributed by atoms with van der Waals surface area (Å²) in [6, 6.07) is 21.7. The number of oxazole rings is 3. The van der Waals surface area contributed by atoms with Crippen molar-refractivity contribution in [3.05, 3.63) is 126 Å². The van der Waals surface area contributed by atoms with Crippen LogP contribution < -0.4 is 20.5 Å². The minimum atomic E-state index is -4.02. The second-order valence-corrected chi connectivity index (χ2v) is 18.9. The number of aryl methyl sites for hydroxylation is 4. The fraction of sp³-hybridized carbons (Fsp3) is 0.396. The smallest absolute Gasteiger partial charge is 0.407 e. The predicted octanol–water partition coefficient (Wildman–Crippen LogP) is 12.4. The number of ether oxygens (including phenoxy) is 3. The Kier molecular flexibility index (Phi) is 23.2. The van der Waals surface area contributed by atoms with E-state index in [1.807, 2.05) is 13.0 Å². The van der Waals surface area contributed by atoms with Crippen LogP contribution in [-0.2, 0) is 34.1 Å². The average Bonchev–Trinajstić information content (AvgIpc) is 4.08. The normalized spacial score (nSPS) is 11.8. The molecule has 7 rings (SSSR count). The molecule has 0 atom stereocenters. The minimum Gasteiger partial charge on any atom is -0.508 e. The number of aromatic nitrogens is 3. The second kappa shape index (κ2) is 28.9. The van der Waals surface area contributed by atoms with Crippen LogP contribution in [0.2, 0.25) is 0 Å². The number of aromatic hydroxyl groups is 1. The highest BCUT2D eigenvalue weighted by molar-refractivity contribution is 7.85. The molecule has 4 aromatic carbocycles. The van der Waals surface area contributed by atoms with Crippen molar-refractivity contribution < 1.29 is 59.1 Å². The lowest BCUT2D eigenvalue weighted by Gasteiger charge is -2.20. The van der Waals surface area contributed by atoms with Gasteiger partial charge in [0.2, 0.25) is 0 Å². The Bertz CT molecular complexity index is 2940. The van der Waals surface area contributed by atoms with Gasteiger partial charge in [-0.25, -0.2) is 28.5 Å². The number of rotatable bonds is 19. The topological polar surface area (TPSA) is 235 Å². The largest absolute Gasteiger partial charge is 0.508 e. The molecule has 390 valence electrons. The molecule has 0 aliphatic rings. The van der Waals surface area contributed by atoms with Gasteiger partial charge in [-0.1, -0.05) is 57.7 Å². The third-order valence-electron chi connectivity index (χ3n) is 10.1. The van der Waals surface area contributed by atoms with E-state index in [0.717, 1.165) is 91.7 Å². The molecular formula is C53H67F2N5O11S. The molecule has 0 aliphatic heterocycles. The molecule has 0 radical (unpaired) electrons. The third kappa shape index (κ3) is 20.1. The van der Waals surface area contributed by atoms with Crippen LogP contribution in [0.3, 0.4) is 0 Å². The van der Waals surface area contributed by atoms with Crippen LogP contribution in [0.4, 0.5) is 13.6 Å². The summed E-state index contributed by atoms with van der Waals surface area (Å²) in [6.07, 6.45) is 9.26. The van der Waals surface area contributed by atoms with Gasteiger partial charge in [0.05, 0.1) is 17.6 Å². The predicted molar refractivity (Wildman–Crippen MR) is 273 cm³/mol. The summed E-state index contributed by atoms with van der Waals surface area (Å²) in [5, 5.41) is 11.7. The fourth-order valence-corrected chi connectivity index (χ4v) is 6.65. The Hall–Kier alpha value is -6.83. The van der Waals surface area contributed by atoms with E-state index in [2.05, 4.69) is 41.0 Å². The van der Waals surface area contributed by atoms with E-state index in [0.29, 0.717) is 52.4 Å². The van der Waals surface area contributed by atoms with Gasteiger partial charge in [-0.2, -0.15) is 8.42 Å². The molecule has 0 spiro atoms. The van der Waals surface area contributed by atoms with Gasteiger partial charge in [0.1, 0.15) is 52.6 Å². The van der Waals surface area contributed by atoms with Crippen molar-refractivity contribution >= 4 is 49.5 Å². The SMILES string of the molecule is CCCCc1nc2ccc(O)cc2o1.CCCCc1nc2ccc(OC/C(=C\F)CN)cc2o1.CCCCc1nc2ccc(OC/C(=C\F)CNC(=O)OC(C)(C)C)cc2o1.Cc1ccc(S(=O)(=O)O)cc1. The van der Waals surface area contributed by atoms with E-state index in [1.54, 1.807) is 81.4 Å². The van der Waals surface area contributed by atoms with Gasteiger partial charge >= 0.3 is 6.09 Å². The van der Waals surface area contributed by atoms with Crippen molar-refractivity contribution in [1.29, 1.82) is 0 Å². The molecule has 19 heteroatoms. The summed E-state index contributed by atoms with van der Waals surface area (Å²) in [6.45, 7) is 13.8. The molecule has 16 nitrogen and oxygen atoms in total. The summed E-state index contributed by atoms with van der Waals surface area (Å²) >= 11 is 0. The molecule has 0 saturated heterocycles. The van der Waals surface area contributed by atoms with Crippen LogP contribution in [0.25, 0.3) is 33.3 Å². The summed E-state index contributed by atoms with van der Waals surface area (Å²) in [5.41, 5.74) is 10.8. The zero-order valence-electron chi connectivity index (χ0n) is 42.0. The average molecular weight is 1020 g/mol. The Labute approximate surface area is 419 Å². The first kappa shape index (κ1) is 57.7. The highest BCUT2D eigenvalue weighted by Crippen LogP contribution is 2.25. The maximum Gasteiger partial charge on any atom is 0.407 e. The lowest BCUT2D eigenvalue weighted by molar-refractivity contribution is 0.0531. The van der Waals surface area contributed by atoms with Gasteiger partial charge in [0, 0.05) is 61.7 Å². The molecule has 0 unspecified atom stereocenters. The zero-order valence-corrected chi connectivity index (χ0v) is 42.8. The number of fused-ring (bicyclic) bond motifs is 3. The number of hydrogen-bond acceptors (Lipinski definition) is 14. The van der Waals surface area contributed by atoms with Crippen LogP contribution in [0.15, 0.2) is 121 Å². The fourth-order valence-electron chi connectivity index (χ4n) is 6.17. The van der Waals surface area contributed by atoms with E-state index in [9.17, 15) is 27.1 Å². The lowest BCUT2D eigenvalue weighted by atomic mass is 10.2. The number of phenolic OH excluding ortho intramolecular Hbond substituents is 1. The third-order valence-corrected chi connectivity index (χ3v) is 10.9. The first-order valence-electron chi connectivity index (χ1n) is 23.8. The van der Waals surface area contributed by atoms with E-state index in [1.165, 1.54) is 12.1 Å². The van der Waals surface area contributed by atoms with Gasteiger partial charge in [0.15, 0.2) is 34.4 Å². The highest BCUT2D eigenvalue weighted by Gasteiger charge is 2.17. The quantitative estimate of drug-likeness (QED) is 0.0551. The number of halogens is 2. The first-order valence-corrected chi connectivity index (χ1v) is 25.2. The lowest BCUT2D eigenvalue weighted by Crippen LogP contribution is -2.34. The maximum absolute atomic E-state index is 13.1. The molecule has 5 N–H and O–H groups in total. The number of alkyl carbamates (subject to hydrolysis) is 1. The molecule has 72 heavy (non-hydrogen) atoms. The van der Waals surface area contributed by atoms with Gasteiger partial charge in [-0.3, -0.25) is 4.55 Å². The number of benzene rings is 4. The van der Waals surface area contributed by atoms with E-state index >= 15 is 0 Å². The van der Waals surface area contributed by atoms with Crippen LogP contribution in [0.5, 0.6) is 17.2 Å². The number of phenols is 1. The molecule has 3 heterocycles. The van der Waals surface area contributed by atoms with Crippen molar-refractivity contribution in [2.45, 2.75) is 117 Å². The van der Waals surface area contributed by atoms with Gasteiger partial charge in [0.25, 0.3) is 10.1 Å². The van der Waals surface area contributed by atoms with Crippen LogP contribution in [-0.4, -0.2) is 71.0 Å². The number of amides is 1. The molecule has 0 saturated carbocycles. The number of carbonyl (C=O) groups excluding carboxylic acids is 1. The number of nitrogens with zero attached hydrogens (tertiary/aromatic N) is 3. The Morgan fingerprint density at radius 3 is 1.53 bits per heavy atom. The standard InChI is InChI=1S/C20H27FN2O4.C15H19FN2O2.C11H13NO2.C7H8O3S/c1-5-6-7-18-23-16-9-8-15(10-17(16)26-18)25-13-14(11-21)12-22-19(24)27-20(2,3)4;1-2-3-4-15-18-13-6-5-12(7-14(13)20-15)19-10-11(8-16)9-17;1-2-3-4-11-12-9-6-5-8(13)7-10(9)14-11;1-6-2-4-7(5-3-6)11(8,9)10/h8-11H,5-7,12-13H2,1-4H3,(H,22,24);5-8H,2-4,9-10,17H2,1H3;5-7,13H,2-4H2,1H3;2-5H,1H3,(H,8,9,10)/b14-11-;11-8-;;. The number of carbonyl (C=O) groups is 1. The molecular weight excluding hydrogens is 953 g/mol. The second-order valence-electron chi connectivity index (χ2n) is 17.5. The minimum absolute atomic E-state index is 0.00285. The molecule has 0 aliphatic carbocycles. The van der Waals surface area contributed by atoms with Crippen LogP contribution in [0.1, 0.15) is 103 Å². The van der Waals surface area contributed by atoms with Gasteiger partial charge in [-0.15, -0.1) is 0 Å². The number of nitrogens with one attached hydrogen (secondary N) is 1. The molecule has 3 aromatic heterocycles. The number of unbranched alkanes of at least 4 members (excludes halogenated alkanes) is 3. The van der Waals surface area contributed by atoms with Crippen molar-refractivity contribution in [3.8, 4) is 17.2 Å². The first-order chi connectivity index (χ1) is 34.4. The Balaban J connectivity index is 0.000000220.